The third-order valence-corrected chi connectivity index (χ3v) is 2.36. The highest BCUT2D eigenvalue weighted by Crippen LogP contribution is 2.11. The summed E-state index contributed by atoms with van der Waals surface area (Å²) in [6.45, 7) is 0. The molecule has 1 N–H and O–H groups in total. The zero-order chi connectivity index (χ0) is 10.7. The highest BCUT2D eigenvalue weighted by Gasteiger charge is 2.09. The number of anilines is 1. The Morgan fingerprint density at radius 2 is 2.33 bits per heavy atom. The monoisotopic (exact) mass is 240 g/mol. The Kier molecular flexibility index (Phi) is 2.89. The van der Waals surface area contributed by atoms with Gasteiger partial charge in [-0.2, -0.15) is 0 Å². The van der Waals surface area contributed by atoms with Crippen LogP contribution >= 0.6 is 22.9 Å². The van der Waals surface area contributed by atoms with E-state index in [1.54, 1.807) is 11.6 Å². The molecule has 0 spiro atoms. The molecule has 0 saturated carbocycles. The molecule has 0 bridgehead atoms. The Bertz CT molecular complexity index is 473. The van der Waals surface area contributed by atoms with Crippen molar-refractivity contribution in [2.24, 2.45) is 0 Å². The van der Waals surface area contributed by atoms with Gasteiger partial charge in [-0.1, -0.05) is 11.6 Å². The lowest BCUT2D eigenvalue weighted by Gasteiger charge is -1.99. The van der Waals surface area contributed by atoms with Gasteiger partial charge in [0.15, 0.2) is 5.13 Å². The molecule has 1 amide bonds. The molecule has 0 aromatic carbocycles. The van der Waals surface area contributed by atoms with E-state index in [0.717, 1.165) is 0 Å². The van der Waals surface area contributed by atoms with Gasteiger partial charge in [0.2, 0.25) is 0 Å². The van der Waals surface area contributed by atoms with Crippen molar-refractivity contribution in [2.75, 3.05) is 5.32 Å². The lowest BCUT2D eigenvalue weighted by molar-refractivity contribution is 0.102. The molecule has 7 heteroatoms. The first-order valence-electron chi connectivity index (χ1n) is 3.94. The predicted octanol–water partition coefficient (Wildman–Crippen LogP) is 1.84. The van der Waals surface area contributed by atoms with Crippen molar-refractivity contribution in [3.8, 4) is 0 Å². The van der Waals surface area contributed by atoms with Gasteiger partial charge in [-0.15, -0.1) is 11.3 Å². The molecule has 0 unspecified atom stereocenters. The van der Waals surface area contributed by atoms with Crippen molar-refractivity contribution in [3.05, 3.63) is 34.8 Å². The zero-order valence-electron chi connectivity index (χ0n) is 7.35. The smallest absolute Gasteiger partial charge is 0.277 e. The Labute approximate surface area is 94.2 Å². The van der Waals surface area contributed by atoms with Crippen molar-refractivity contribution >= 4 is 34.0 Å². The van der Waals surface area contributed by atoms with E-state index in [1.807, 2.05) is 0 Å². The number of carbonyl (C=O) groups is 1. The number of aromatic nitrogens is 3. The molecule has 0 atom stereocenters. The van der Waals surface area contributed by atoms with Crippen LogP contribution in [0.25, 0.3) is 0 Å². The van der Waals surface area contributed by atoms with Gasteiger partial charge in [-0.05, 0) is 0 Å². The summed E-state index contributed by atoms with van der Waals surface area (Å²) in [6.07, 6.45) is 4.31. The van der Waals surface area contributed by atoms with Crippen LogP contribution in [0.1, 0.15) is 10.5 Å². The second kappa shape index (κ2) is 4.33. The minimum Gasteiger partial charge on any atom is -0.296 e. The van der Waals surface area contributed by atoms with Crippen LogP contribution in [0.5, 0.6) is 0 Å². The van der Waals surface area contributed by atoms with Crippen LogP contribution in [-0.4, -0.2) is 20.9 Å². The number of halogens is 1. The van der Waals surface area contributed by atoms with Crippen LogP contribution in [0, 0.1) is 0 Å². The van der Waals surface area contributed by atoms with Crippen LogP contribution < -0.4 is 5.32 Å². The quantitative estimate of drug-likeness (QED) is 0.870. The van der Waals surface area contributed by atoms with E-state index in [-0.39, 0.29) is 16.8 Å². The molecule has 76 valence electrons. The van der Waals surface area contributed by atoms with E-state index in [2.05, 4.69) is 20.3 Å². The first kappa shape index (κ1) is 10.0. The molecule has 0 saturated heterocycles. The maximum absolute atomic E-state index is 11.6. The molecule has 0 aliphatic rings. The maximum atomic E-state index is 11.6. The topological polar surface area (TPSA) is 67.8 Å². The standard InChI is InChI=1S/C8H5ClN4OS/c9-6-4-10-3-5(12-6)7(14)13-8-11-1-2-15-8/h1-4H,(H,11,13,14). The van der Waals surface area contributed by atoms with Gasteiger partial charge < -0.3 is 0 Å². The van der Waals surface area contributed by atoms with Crippen molar-refractivity contribution in [1.29, 1.82) is 0 Å². The summed E-state index contributed by atoms with van der Waals surface area (Å²) >= 11 is 6.93. The van der Waals surface area contributed by atoms with E-state index in [4.69, 9.17) is 11.6 Å². The minimum absolute atomic E-state index is 0.165. The summed E-state index contributed by atoms with van der Waals surface area (Å²) in [5.74, 6) is -0.375. The molecule has 0 aliphatic heterocycles. The highest BCUT2D eigenvalue weighted by atomic mass is 35.5. The number of thiazole rings is 1. The van der Waals surface area contributed by atoms with E-state index < -0.39 is 0 Å². The van der Waals surface area contributed by atoms with Gasteiger partial charge in [0.25, 0.3) is 5.91 Å². The Balaban J connectivity index is 2.15. The fourth-order valence-electron chi connectivity index (χ4n) is 0.898. The SMILES string of the molecule is O=C(Nc1nccs1)c1cncc(Cl)n1. The molecular formula is C8H5ClN4OS. The number of nitrogens with zero attached hydrogens (tertiary/aromatic N) is 3. The Morgan fingerprint density at radius 3 is 3.00 bits per heavy atom. The molecule has 5 nitrogen and oxygen atoms in total. The zero-order valence-corrected chi connectivity index (χ0v) is 8.92. The van der Waals surface area contributed by atoms with Crippen LogP contribution in [0.4, 0.5) is 5.13 Å². The lowest BCUT2D eigenvalue weighted by Crippen LogP contribution is -2.13. The van der Waals surface area contributed by atoms with E-state index >= 15 is 0 Å². The molecular weight excluding hydrogens is 236 g/mol. The highest BCUT2D eigenvalue weighted by molar-refractivity contribution is 7.13. The van der Waals surface area contributed by atoms with Crippen LogP contribution in [0.15, 0.2) is 24.0 Å². The number of amides is 1. The molecule has 15 heavy (non-hydrogen) atoms. The lowest BCUT2D eigenvalue weighted by atomic mass is 10.4. The molecule has 2 aromatic rings. The molecule has 2 heterocycles. The van der Waals surface area contributed by atoms with Crippen molar-refractivity contribution < 1.29 is 4.79 Å². The van der Waals surface area contributed by atoms with Gasteiger partial charge in [0.1, 0.15) is 10.8 Å². The Morgan fingerprint density at radius 1 is 1.47 bits per heavy atom. The van der Waals surface area contributed by atoms with Crippen LogP contribution in [-0.2, 0) is 0 Å². The number of nitrogens with one attached hydrogen (secondary N) is 1. The average Bonchev–Trinajstić information content (AvgIpc) is 2.70. The third kappa shape index (κ3) is 2.48. The first-order chi connectivity index (χ1) is 7.25. The van der Waals surface area contributed by atoms with Gasteiger partial charge in [-0.3, -0.25) is 15.1 Å². The second-order valence-corrected chi connectivity index (χ2v) is 3.80. The molecule has 2 rings (SSSR count). The summed E-state index contributed by atoms with van der Waals surface area (Å²) in [5, 5.41) is 5.03. The van der Waals surface area contributed by atoms with Gasteiger partial charge >= 0.3 is 0 Å². The average molecular weight is 241 g/mol. The molecule has 2 aromatic heterocycles. The summed E-state index contributed by atoms with van der Waals surface area (Å²) < 4.78 is 0. The van der Waals surface area contributed by atoms with Crippen molar-refractivity contribution in [1.82, 2.24) is 15.0 Å². The van der Waals surface area contributed by atoms with Crippen LogP contribution in [0.3, 0.4) is 0 Å². The largest absolute Gasteiger partial charge is 0.296 e. The maximum Gasteiger partial charge on any atom is 0.277 e. The molecule has 0 radical (unpaired) electrons. The fraction of sp³-hybridized carbons (Fsp3) is 0. The van der Waals surface area contributed by atoms with E-state index in [9.17, 15) is 4.79 Å². The second-order valence-electron chi connectivity index (χ2n) is 2.52. The summed E-state index contributed by atoms with van der Waals surface area (Å²) in [7, 11) is 0. The normalized spacial score (nSPS) is 9.93. The van der Waals surface area contributed by atoms with E-state index in [0.29, 0.717) is 5.13 Å². The third-order valence-electron chi connectivity index (χ3n) is 1.49. The number of hydrogen-bond donors (Lipinski definition) is 1. The molecule has 0 fully saturated rings. The Hall–Kier alpha value is -1.53. The minimum atomic E-state index is -0.375. The number of carbonyl (C=O) groups excluding carboxylic acids is 1. The van der Waals surface area contributed by atoms with E-state index in [1.165, 1.54) is 23.7 Å². The summed E-state index contributed by atoms with van der Waals surface area (Å²) in [6, 6.07) is 0. The van der Waals surface area contributed by atoms with Gasteiger partial charge in [-0.25, -0.2) is 9.97 Å². The first-order valence-corrected chi connectivity index (χ1v) is 5.20. The fourth-order valence-corrected chi connectivity index (χ4v) is 1.57. The number of hydrogen-bond acceptors (Lipinski definition) is 5. The summed E-state index contributed by atoms with van der Waals surface area (Å²) in [4.78, 5) is 23.1. The number of rotatable bonds is 2. The van der Waals surface area contributed by atoms with Gasteiger partial charge in [0, 0.05) is 11.6 Å². The predicted molar refractivity (Wildman–Crippen MR) is 57.1 cm³/mol. The van der Waals surface area contributed by atoms with Crippen molar-refractivity contribution in [2.45, 2.75) is 0 Å². The summed E-state index contributed by atoms with van der Waals surface area (Å²) in [5.41, 5.74) is 0.165. The van der Waals surface area contributed by atoms with Gasteiger partial charge in [0.05, 0.1) is 12.4 Å². The van der Waals surface area contributed by atoms with Crippen molar-refractivity contribution in [3.63, 3.8) is 0 Å². The van der Waals surface area contributed by atoms with Crippen LogP contribution in [0.2, 0.25) is 5.15 Å². The molecule has 0 aliphatic carbocycles.